The number of ketones is 1. The molecule has 0 atom stereocenters. The van der Waals surface area contributed by atoms with Gasteiger partial charge in [-0.15, -0.1) is 0 Å². The predicted molar refractivity (Wildman–Crippen MR) is 149 cm³/mol. The third-order valence-electron chi connectivity index (χ3n) is 6.46. The molecule has 1 heterocycles. The van der Waals surface area contributed by atoms with E-state index in [-0.39, 0.29) is 34.9 Å². The zero-order valence-corrected chi connectivity index (χ0v) is 22.2. The maximum absolute atomic E-state index is 15.1. The number of rotatable bonds is 10. The summed E-state index contributed by atoms with van der Waals surface area (Å²) in [6, 6.07) is 14.8. The number of Topliss-reactive ketones (excluding diaryl/α,β-unsaturated/α-hetero) is 1. The number of hydrogen-bond donors (Lipinski definition) is 1. The lowest BCUT2D eigenvalue weighted by Gasteiger charge is -2.35. The SMILES string of the molecule is C=C(C(=O)/C(=C\Cc1ccc(N2CCN(C(C)(C)C)C2=C)cc1F)OC)/C(=C/C=N)Cc1ccccc1. The molecule has 6 heteroatoms. The van der Waals surface area contributed by atoms with E-state index in [4.69, 9.17) is 10.1 Å². The largest absolute Gasteiger partial charge is 0.493 e. The Hall–Kier alpha value is -3.93. The summed E-state index contributed by atoms with van der Waals surface area (Å²) in [5.41, 5.74) is 3.01. The van der Waals surface area contributed by atoms with Crippen molar-refractivity contribution < 1.29 is 13.9 Å². The number of anilines is 1. The van der Waals surface area contributed by atoms with E-state index in [0.29, 0.717) is 17.6 Å². The molecule has 0 radical (unpaired) electrons. The zero-order valence-electron chi connectivity index (χ0n) is 22.2. The number of halogens is 1. The molecule has 1 fully saturated rings. The van der Waals surface area contributed by atoms with E-state index in [0.717, 1.165) is 36.4 Å². The van der Waals surface area contributed by atoms with Gasteiger partial charge < -0.3 is 19.9 Å². The zero-order chi connectivity index (χ0) is 27.2. The van der Waals surface area contributed by atoms with Crippen LogP contribution in [-0.2, 0) is 22.4 Å². The van der Waals surface area contributed by atoms with Crippen molar-refractivity contribution in [1.29, 1.82) is 5.41 Å². The molecule has 1 saturated heterocycles. The summed E-state index contributed by atoms with van der Waals surface area (Å²) in [5, 5.41) is 7.48. The van der Waals surface area contributed by atoms with Crippen LogP contribution in [0, 0.1) is 11.2 Å². The first kappa shape index (κ1) is 27.7. The molecule has 194 valence electrons. The lowest BCUT2D eigenvalue weighted by atomic mass is 9.95. The minimum absolute atomic E-state index is 0.0585. The van der Waals surface area contributed by atoms with Gasteiger partial charge in [-0.2, -0.15) is 0 Å². The van der Waals surface area contributed by atoms with Gasteiger partial charge in [0, 0.05) is 36.1 Å². The highest BCUT2D eigenvalue weighted by molar-refractivity contribution is 6.10. The van der Waals surface area contributed by atoms with Crippen LogP contribution in [0.1, 0.15) is 31.9 Å². The number of carbonyl (C=O) groups excluding carboxylic acids is 1. The van der Waals surface area contributed by atoms with Gasteiger partial charge in [0.1, 0.15) is 11.6 Å². The molecule has 0 spiro atoms. The van der Waals surface area contributed by atoms with Gasteiger partial charge in [0.2, 0.25) is 5.78 Å². The van der Waals surface area contributed by atoms with E-state index in [1.54, 1.807) is 18.2 Å². The Morgan fingerprint density at radius 1 is 1.16 bits per heavy atom. The van der Waals surface area contributed by atoms with Crippen molar-refractivity contribution in [1.82, 2.24) is 4.90 Å². The molecule has 1 aliphatic rings. The average molecular weight is 502 g/mol. The Labute approximate surface area is 219 Å². The van der Waals surface area contributed by atoms with E-state index in [9.17, 15) is 4.79 Å². The van der Waals surface area contributed by atoms with E-state index in [1.807, 2.05) is 41.3 Å². The number of methoxy groups -OCH3 is 1. The lowest BCUT2D eigenvalue weighted by Crippen LogP contribution is -2.38. The number of carbonyl (C=O) groups is 1. The van der Waals surface area contributed by atoms with Crippen LogP contribution in [0.3, 0.4) is 0 Å². The second-order valence-corrected chi connectivity index (χ2v) is 9.97. The van der Waals surface area contributed by atoms with Crippen LogP contribution in [0.25, 0.3) is 0 Å². The molecule has 0 aromatic heterocycles. The minimum atomic E-state index is -0.390. The van der Waals surface area contributed by atoms with Crippen LogP contribution in [-0.4, -0.2) is 42.6 Å². The third-order valence-corrected chi connectivity index (χ3v) is 6.46. The molecule has 3 rings (SSSR count). The highest BCUT2D eigenvalue weighted by atomic mass is 19.1. The summed E-state index contributed by atoms with van der Waals surface area (Å²) in [6.45, 7) is 16.1. The Morgan fingerprint density at radius 3 is 2.43 bits per heavy atom. The van der Waals surface area contributed by atoms with Gasteiger partial charge in [-0.3, -0.25) is 4.79 Å². The number of ether oxygens (including phenoxy) is 1. The molecule has 0 amide bonds. The van der Waals surface area contributed by atoms with Crippen molar-refractivity contribution in [3.63, 3.8) is 0 Å². The fourth-order valence-electron chi connectivity index (χ4n) is 4.42. The fraction of sp³-hybridized carbons (Fsp3) is 0.290. The van der Waals surface area contributed by atoms with Crippen molar-refractivity contribution in [3.05, 3.63) is 114 Å². The third kappa shape index (κ3) is 6.64. The first-order chi connectivity index (χ1) is 17.6. The standard InChI is InChI=1S/C31H36FN3O2/c1-22(26(16-17-33)20-24-10-8-7-9-11-24)30(36)29(37-6)15-13-25-12-14-27(21-28(25)32)34-18-19-35(23(34)2)31(3,4)5/h7-12,14-17,21,33H,1-2,13,18-20H2,3-6H3/b26-16+,29-15+,33-17?. The summed E-state index contributed by atoms with van der Waals surface area (Å²) >= 11 is 0. The van der Waals surface area contributed by atoms with Gasteiger partial charge in [-0.25, -0.2) is 4.39 Å². The van der Waals surface area contributed by atoms with Gasteiger partial charge in [-0.1, -0.05) is 49.6 Å². The molecular weight excluding hydrogens is 465 g/mol. The highest BCUT2D eigenvalue weighted by Gasteiger charge is 2.32. The Bertz CT molecular complexity index is 1240. The maximum atomic E-state index is 15.1. The van der Waals surface area contributed by atoms with Crippen molar-refractivity contribution in [2.45, 2.75) is 39.2 Å². The van der Waals surface area contributed by atoms with Gasteiger partial charge >= 0.3 is 0 Å². The second-order valence-electron chi connectivity index (χ2n) is 9.97. The molecule has 0 unspecified atom stereocenters. The van der Waals surface area contributed by atoms with E-state index < -0.39 is 0 Å². The van der Waals surface area contributed by atoms with Crippen LogP contribution in [0.2, 0.25) is 0 Å². The van der Waals surface area contributed by atoms with Crippen molar-refractivity contribution in [3.8, 4) is 0 Å². The fourth-order valence-corrected chi connectivity index (χ4v) is 4.42. The molecule has 37 heavy (non-hydrogen) atoms. The maximum Gasteiger partial charge on any atom is 0.226 e. The van der Waals surface area contributed by atoms with Crippen LogP contribution in [0.5, 0.6) is 0 Å². The predicted octanol–water partition coefficient (Wildman–Crippen LogP) is 6.23. The molecule has 1 N–H and O–H groups in total. The Balaban J connectivity index is 1.74. The van der Waals surface area contributed by atoms with E-state index in [1.165, 1.54) is 13.2 Å². The number of allylic oxidation sites excluding steroid dienone is 4. The summed E-state index contributed by atoms with van der Waals surface area (Å²) < 4.78 is 20.4. The topological polar surface area (TPSA) is 56.6 Å². The monoisotopic (exact) mass is 501 g/mol. The molecule has 0 aliphatic carbocycles. The lowest BCUT2D eigenvalue weighted by molar-refractivity contribution is -0.114. The van der Waals surface area contributed by atoms with Crippen LogP contribution in [0.15, 0.2) is 96.6 Å². The number of hydrogen-bond acceptors (Lipinski definition) is 5. The van der Waals surface area contributed by atoms with Crippen molar-refractivity contribution in [2.75, 3.05) is 25.1 Å². The molecule has 1 aliphatic heterocycles. The molecular formula is C31H36FN3O2. The van der Waals surface area contributed by atoms with Gasteiger partial charge in [0.05, 0.1) is 7.11 Å². The molecule has 0 saturated carbocycles. The average Bonchev–Trinajstić information content (AvgIpc) is 3.26. The number of nitrogens with zero attached hydrogens (tertiary/aromatic N) is 2. The molecule has 2 aromatic rings. The second kappa shape index (κ2) is 11.9. The van der Waals surface area contributed by atoms with Crippen LogP contribution < -0.4 is 4.90 Å². The van der Waals surface area contributed by atoms with Gasteiger partial charge in [0.25, 0.3) is 0 Å². The van der Waals surface area contributed by atoms with Crippen molar-refractivity contribution in [2.24, 2.45) is 0 Å². The van der Waals surface area contributed by atoms with Gasteiger partial charge in [-0.05, 0) is 74.6 Å². The van der Waals surface area contributed by atoms with Crippen molar-refractivity contribution >= 4 is 17.7 Å². The summed E-state index contributed by atoms with van der Waals surface area (Å²) in [5.74, 6) is 0.200. The first-order valence-electron chi connectivity index (χ1n) is 12.3. The van der Waals surface area contributed by atoms with E-state index in [2.05, 4.69) is 38.8 Å². The molecule has 5 nitrogen and oxygen atoms in total. The van der Waals surface area contributed by atoms with Crippen LogP contribution >= 0.6 is 0 Å². The first-order valence-corrected chi connectivity index (χ1v) is 12.3. The molecule has 0 bridgehead atoms. The Morgan fingerprint density at radius 2 is 1.86 bits per heavy atom. The summed E-state index contributed by atoms with van der Waals surface area (Å²) in [4.78, 5) is 17.4. The number of nitrogens with one attached hydrogen (secondary N) is 1. The minimum Gasteiger partial charge on any atom is -0.493 e. The summed E-state index contributed by atoms with van der Waals surface area (Å²) in [7, 11) is 1.41. The smallest absolute Gasteiger partial charge is 0.226 e. The van der Waals surface area contributed by atoms with Gasteiger partial charge in [0.15, 0.2) is 5.76 Å². The highest BCUT2D eigenvalue weighted by Crippen LogP contribution is 2.31. The summed E-state index contributed by atoms with van der Waals surface area (Å²) in [6.07, 6.45) is 4.92. The van der Waals surface area contributed by atoms with E-state index >= 15 is 4.39 Å². The quantitative estimate of drug-likeness (QED) is 0.181. The number of benzene rings is 2. The Kier molecular flexibility index (Phi) is 8.87. The van der Waals surface area contributed by atoms with Crippen LogP contribution in [0.4, 0.5) is 10.1 Å². The normalized spacial score (nSPS) is 14.7. The molecule has 2 aromatic carbocycles.